The molecule has 2 unspecified atom stereocenters. The zero-order chi connectivity index (χ0) is 13.8. The van der Waals surface area contributed by atoms with Crippen molar-refractivity contribution in [3.05, 3.63) is 0 Å². The first-order valence-electron chi connectivity index (χ1n) is 7.17. The van der Waals surface area contributed by atoms with Gasteiger partial charge in [0.05, 0.1) is 6.10 Å². The number of hydrogen-bond acceptors (Lipinski definition) is 2. The molecule has 0 bridgehead atoms. The molecule has 0 amide bonds. The van der Waals surface area contributed by atoms with Crippen molar-refractivity contribution in [1.29, 1.82) is 0 Å². The summed E-state index contributed by atoms with van der Waals surface area (Å²) in [6.07, 6.45) is 6.96. The molecule has 0 N–H and O–H groups in total. The van der Waals surface area contributed by atoms with Crippen molar-refractivity contribution < 1.29 is 9.47 Å². The number of methoxy groups -OCH3 is 2. The third kappa shape index (κ3) is 9.50. The van der Waals surface area contributed by atoms with Crippen LogP contribution in [-0.4, -0.2) is 26.4 Å². The highest BCUT2D eigenvalue weighted by atomic mass is 16.5. The highest BCUT2D eigenvalue weighted by molar-refractivity contribution is 5.06. The van der Waals surface area contributed by atoms with Crippen molar-refractivity contribution in [3.8, 4) is 11.8 Å². The van der Waals surface area contributed by atoms with Crippen LogP contribution < -0.4 is 0 Å². The summed E-state index contributed by atoms with van der Waals surface area (Å²) in [5.74, 6) is 7.09. The van der Waals surface area contributed by atoms with Gasteiger partial charge in [-0.1, -0.05) is 45.5 Å². The standard InChI is InChI=1S/C16H30O2/c1-6-7-8-10-15(17-4)11-9-12-16(18-5)13-14(2)3/h14-16H,6-8,10,12-13H2,1-5H3. The van der Waals surface area contributed by atoms with Gasteiger partial charge >= 0.3 is 0 Å². The van der Waals surface area contributed by atoms with Gasteiger partial charge in [-0.05, 0) is 25.2 Å². The molecule has 0 heterocycles. The number of hydrogen-bond donors (Lipinski definition) is 0. The molecule has 106 valence electrons. The van der Waals surface area contributed by atoms with Gasteiger partial charge in [0, 0.05) is 20.6 Å². The molecule has 0 aromatic carbocycles. The fourth-order valence-electron chi connectivity index (χ4n) is 1.90. The highest BCUT2D eigenvalue weighted by Gasteiger charge is 2.08. The van der Waals surface area contributed by atoms with Crippen molar-refractivity contribution in [2.75, 3.05) is 14.2 Å². The first-order chi connectivity index (χ1) is 8.63. The Kier molecular flexibility index (Phi) is 11.2. The molecule has 2 atom stereocenters. The van der Waals surface area contributed by atoms with E-state index in [4.69, 9.17) is 9.47 Å². The minimum absolute atomic E-state index is 0.0908. The van der Waals surface area contributed by atoms with Gasteiger partial charge < -0.3 is 9.47 Å². The second-order valence-corrected chi connectivity index (χ2v) is 5.23. The molecule has 0 fully saturated rings. The van der Waals surface area contributed by atoms with Gasteiger partial charge in [-0.15, -0.1) is 0 Å². The molecule has 2 nitrogen and oxygen atoms in total. The summed E-state index contributed by atoms with van der Waals surface area (Å²) in [4.78, 5) is 0. The van der Waals surface area contributed by atoms with Crippen molar-refractivity contribution in [3.63, 3.8) is 0 Å². The third-order valence-electron chi connectivity index (χ3n) is 3.01. The second-order valence-electron chi connectivity index (χ2n) is 5.23. The lowest BCUT2D eigenvalue weighted by Gasteiger charge is -2.14. The lowest BCUT2D eigenvalue weighted by atomic mass is 10.0. The van der Waals surface area contributed by atoms with Crippen molar-refractivity contribution in [2.45, 2.75) is 71.5 Å². The monoisotopic (exact) mass is 254 g/mol. The fraction of sp³-hybridized carbons (Fsp3) is 0.875. The van der Waals surface area contributed by atoms with E-state index >= 15 is 0 Å². The average Bonchev–Trinajstić information content (AvgIpc) is 2.35. The van der Waals surface area contributed by atoms with Crippen LogP contribution in [0.4, 0.5) is 0 Å². The van der Waals surface area contributed by atoms with Gasteiger partial charge in [0.2, 0.25) is 0 Å². The fourth-order valence-corrected chi connectivity index (χ4v) is 1.90. The smallest absolute Gasteiger partial charge is 0.117 e. The predicted octanol–water partition coefficient (Wildman–Crippen LogP) is 4.04. The Morgan fingerprint density at radius 2 is 1.78 bits per heavy atom. The normalized spacial score (nSPS) is 14.1. The van der Waals surface area contributed by atoms with E-state index in [0.717, 1.165) is 19.3 Å². The summed E-state index contributed by atoms with van der Waals surface area (Å²) >= 11 is 0. The maximum absolute atomic E-state index is 5.43. The van der Waals surface area contributed by atoms with Gasteiger partial charge in [0.25, 0.3) is 0 Å². The topological polar surface area (TPSA) is 18.5 Å². The molecule has 18 heavy (non-hydrogen) atoms. The van der Waals surface area contributed by atoms with Gasteiger partial charge in [0.15, 0.2) is 0 Å². The van der Waals surface area contributed by atoms with E-state index in [0.29, 0.717) is 5.92 Å². The third-order valence-corrected chi connectivity index (χ3v) is 3.01. The van der Waals surface area contributed by atoms with Crippen LogP contribution in [0.25, 0.3) is 0 Å². The first-order valence-corrected chi connectivity index (χ1v) is 7.17. The van der Waals surface area contributed by atoms with Gasteiger partial charge in [-0.3, -0.25) is 0 Å². The zero-order valence-corrected chi connectivity index (χ0v) is 12.8. The molecule has 0 aliphatic rings. The van der Waals surface area contributed by atoms with E-state index in [1.165, 1.54) is 19.3 Å². The SMILES string of the molecule is CCCCCC(C#CCC(CC(C)C)OC)OC. The van der Waals surface area contributed by atoms with Crippen molar-refractivity contribution in [2.24, 2.45) is 5.92 Å². The van der Waals surface area contributed by atoms with E-state index in [1.54, 1.807) is 14.2 Å². The Labute approximate surface area is 113 Å². The zero-order valence-electron chi connectivity index (χ0n) is 12.8. The largest absolute Gasteiger partial charge is 0.380 e. The average molecular weight is 254 g/mol. The predicted molar refractivity (Wildman–Crippen MR) is 77.6 cm³/mol. The van der Waals surface area contributed by atoms with Crippen LogP contribution in [0, 0.1) is 17.8 Å². The molecule has 0 aliphatic heterocycles. The molecule has 0 rings (SSSR count). The van der Waals surface area contributed by atoms with Crippen LogP contribution in [0.5, 0.6) is 0 Å². The summed E-state index contributed by atoms with van der Waals surface area (Å²) < 4.78 is 10.8. The second kappa shape index (κ2) is 11.6. The van der Waals surface area contributed by atoms with Crippen molar-refractivity contribution >= 4 is 0 Å². The molecule has 2 heteroatoms. The Hall–Kier alpha value is -0.520. The van der Waals surface area contributed by atoms with Crippen LogP contribution in [0.15, 0.2) is 0 Å². The summed E-state index contributed by atoms with van der Waals surface area (Å²) in [6, 6.07) is 0. The van der Waals surface area contributed by atoms with Gasteiger partial charge in [-0.25, -0.2) is 0 Å². The van der Waals surface area contributed by atoms with E-state index < -0.39 is 0 Å². The molecule has 0 spiro atoms. The van der Waals surface area contributed by atoms with Crippen LogP contribution in [0.2, 0.25) is 0 Å². The molecule has 0 saturated heterocycles. The first kappa shape index (κ1) is 17.5. The van der Waals surface area contributed by atoms with Crippen molar-refractivity contribution in [1.82, 2.24) is 0 Å². The maximum atomic E-state index is 5.43. The summed E-state index contributed by atoms with van der Waals surface area (Å²) in [5, 5.41) is 0. The van der Waals surface area contributed by atoms with Crippen LogP contribution in [0.1, 0.15) is 59.3 Å². The lowest BCUT2D eigenvalue weighted by Crippen LogP contribution is -2.13. The summed E-state index contributed by atoms with van der Waals surface area (Å²) in [6.45, 7) is 6.63. The van der Waals surface area contributed by atoms with Gasteiger partial charge in [0.1, 0.15) is 6.10 Å². The maximum Gasteiger partial charge on any atom is 0.117 e. The highest BCUT2D eigenvalue weighted by Crippen LogP contribution is 2.10. The minimum Gasteiger partial charge on any atom is -0.380 e. The Balaban J connectivity index is 4.01. The molecule has 0 radical (unpaired) electrons. The molecule has 0 aromatic rings. The molecule has 0 aliphatic carbocycles. The van der Waals surface area contributed by atoms with Crippen LogP contribution in [-0.2, 0) is 9.47 Å². The number of rotatable bonds is 9. The number of unbranched alkanes of at least 4 members (excludes halogenated alkanes) is 2. The molecule has 0 aromatic heterocycles. The number of ether oxygens (including phenoxy) is 2. The lowest BCUT2D eigenvalue weighted by molar-refractivity contribution is 0.0884. The molecular weight excluding hydrogens is 224 g/mol. The Bertz CT molecular complexity index is 237. The molecular formula is C16H30O2. The van der Waals surface area contributed by atoms with E-state index in [1.807, 2.05) is 0 Å². The Morgan fingerprint density at radius 3 is 2.28 bits per heavy atom. The van der Waals surface area contributed by atoms with E-state index in [2.05, 4.69) is 32.6 Å². The van der Waals surface area contributed by atoms with E-state index in [-0.39, 0.29) is 12.2 Å². The quantitative estimate of drug-likeness (QED) is 0.457. The summed E-state index contributed by atoms with van der Waals surface area (Å²) in [5.41, 5.74) is 0. The van der Waals surface area contributed by atoms with Crippen LogP contribution in [0.3, 0.4) is 0 Å². The minimum atomic E-state index is 0.0908. The molecule has 0 saturated carbocycles. The van der Waals surface area contributed by atoms with E-state index in [9.17, 15) is 0 Å². The van der Waals surface area contributed by atoms with Crippen LogP contribution >= 0.6 is 0 Å². The van der Waals surface area contributed by atoms with Gasteiger partial charge in [-0.2, -0.15) is 0 Å². The Morgan fingerprint density at radius 1 is 1.06 bits per heavy atom. The summed E-state index contributed by atoms with van der Waals surface area (Å²) in [7, 11) is 3.51.